The fraction of sp³-hybridized carbons (Fsp3) is 0.615. The second-order valence-electron chi connectivity index (χ2n) is 5.26. The summed E-state index contributed by atoms with van der Waals surface area (Å²) in [4.78, 5) is 13.9. The van der Waals surface area contributed by atoms with Crippen LogP contribution in [0.4, 0.5) is 0 Å². The average molecular weight is 238 g/mol. The summed E-state index contributed by atoms with van der Waals surface area (Å²) in [7, 11) is 0. The van der Waals surface area contributed by atoms with Crippen molar-refractivity contribution in [3.8, 4) is 0 Å². The zero-order valence-corrected chi connectivity index (χ0v) is 11.3. The van der Waals surface area contributed by atoms with Crippen LogP contribution >= 0.6 is 0 Å². The molecule has 4 nitrogen and oxygen atoms in total. The van der Waals surface area contributed by atoms with Crippen molar-refractivity contribution in [1.29, 1.82) is 0 Å². The van der Waals surface area contributed by atoms with Gasteiger partial charge in [-0.1, -0.05) is 0 Å². The lowest BCUT2D eigenvalue weighted by Gasteiger charge is -2.31. The first kappa shape index (κ1) is 13.8. The summed E-state index contributed by atoms with van der Waals surface area (Å²) in [6, 6.07) is 3.88. The van der Waals surface area contributed by atoms with Gasteiger partial charge < -0.3 is 15.1 Å². The van der Waals surface area contributed by atoms with Crippen molar-refractivity contribution in [2.45, 2.75) is 52.7 Å². The maximum absolute atomic E-state index is 12.2. The van der Waals surface area contributed by atoms with Crippen LogP contribution < -0.4 is 5.73 Å². The molecular weight excluding hydrogens is 216 g/mol. The van der Waals surface area contributed by atoms with E-state index in [1.165, 1.54) is 0 Å². The highest BCUT2D eigenvalue weighted by Crippen LogP contribution is 2.15. The Kier molecular flexibility index (Phi) is 3.98. The Morgan fingerprint density at radius 3 is 2.41 bits per heavy atom. The highest BCUT2D eigenvalue weighted by Gasteiger charge is 2.29. The number of nitrogens with two attached hydrogens (primary N) is 1. The molecule has 1 amide bonds. The van der Waals surface area contributed by atoms with Crippen LogP contribution in [-0.2, 0) is 11.3 Å². The topological polar surface area (TPSA) is 59.5 Å². The molecule has 1 aromatic heterocycles. The normalized spacial score (nSPS) is 11.9. The monoisotopic (exact) mass is 238 g/mol. The summed E-state index contributed by atoms with van der Waals surface area (Å²) in [5.74, 6) is 1.57. The number of hydrogen-bond donors (Lipinski definition) is 1. The fourth-order valence-corrected chi connectivity index (χ4v) is 1.60. The molecule has 0 radical (unpaired) electrons. The zero-order valence-electron chi connectivity index (χ0n) is 11.3. The first-order chi connectivity index (χ1) is 7.71. The first-order valence-corrected chi connectivity index (χ1v) is 5.87. The minimum atomic E-state index is -0.855. The van der Waals surface area contributed by atoms with E-state index in [4.69, 9.17) is 10.2 Å². The molecule has 0 aromatic carbocycles. The third-order valence-corrected chi connectivity index (χ3v) is 2.56. The molecule has 0 bridgehead atoms. The summed E-state index contributed by atoms with van der Waals surface area (Å²) < 4.78 is 5.49. The van der Waals surface area contributed by atoms with Crippen LogP contribution in [0.1, 0.15) is 39.2 Å². The van der Waals surface area contributed by atoms with E-state index in [9.17, 15) is 4.79 Å². The van der Waals surface area contributed by atoms with E-state index in [0.29, 0.717) is 6.54 Å². The van der Waals surface area contributed by atoms with Gasteiger partial charge in [-0.15, -0.1) is 0 Å². The molecule has 2 N–H and O–H groups in total. The molecule has 0 spiro atoms. The second kappa shape index (κ2) is 4.92. The standard InChI is InChI=1S/C13H22N2O2/c1-9(2)15(12(16)13(4,5)14)8-11-7-6-10(3)17-11/h6-7,9H,8,14H2,1-5H3. The lowest BCUT2D eigenvalue weighted by molar-refractivity contribution is -0.138. The number of nitrogens with zero attached hydrogens (tertiary/aromatic N) is 1. The number of amides is 1. The zero-order chi connectivity index (χ0) is 13.2. The van der Waals surface area contributed by atoms with Gasteiger partial charge in [-0.2, -0.15) is 0 Å². The van der Waals surface area contributed by atoms with Crippen molar-refractivity contribution < 1.29 is 9.21 Å². The van der Waals surface area contributed by atoms with Crippen molar-refractivity contribution in [2.24, 2.45) is 5.73 Å². The number of carbonyl (C=O) groups is 1. The van der Waals surface area contributed by atoms with Gasteiger partial charge in [-0.3, -0.25) is 4.79 Å². The van der Waals surface area contributed by atoms with E-state index >= 15 is 0 Å². The molecular formula is C13H22N2O2. The molecule has 0 fully saturated rings. The lowest BCUT2D eigenvalue weighted by Crippen LogP contribution is -2.52. The van der Waals surface area contributed by atoms with Crippen molar-refractivity contribution in [3.63, 3.8) is 0 Å². The average Bonchev–Trinajstić information content (AvgIpc) is 2.57. The lowest BCUT2D eigenvalue weighted by atomic mass is 10.0. The van der Waals surface area contributed by atoms with Gasteiger partial charge in [0.1, 0.15) is 11.5 Å². The number of rotatable bonds is 4. The summed E-state index contributed by atoms with van der Waals surface area (Å²) >= 11 is 0. The molecule has 0 saturated heterocycles. The number of furan rings is 1. The van der Waals surface area contributed by atoms with E-state index in [2.05, 4.69) is 0 Å². The van der Waals surface area contributed by atoms with E-state index in [1.54, 1.807) is 18.7 Å². The maximum Gasteiger partial charge on any atom is 0.242 e. The smallest absolute Gasteiger partial charge is 0.242 e. The molecule has 1 aromatic rings. The largest absolute Gasteiger partial charge is 0.464 e. The minimum Gasteiger partial charge on any atom is -0.464 e. The molecule has 96 valence electrons. The Morgan fingerprint density at radius 2 is 2.06 bits per heavy atom. The van der Waals surface area contributed by atoms with Gasteiger partial charge in [0.25, 0.3) is 0 Å². The highest BCUT2D eigenvalue weighted by molar-refractivity contribution is 5.85. The van der Waals surface area contributed by atoms with E-state index in [1.807, 2.05) is 32.9 Å². The van der Waals surface area contributed by atoms with Gasteiger partial charge in [0.15, 0.2) is 0 Å². The molecule has 1 heterocycles. The van der Waals surface area contributed by atoms with Crippen LogP contribution in [0.5, 0.6) is 0 Å². The van der Waals surface area contributed by atoms with Crippen molar-refractivity contribution in [2.75, 3.05) is 0 Å². The fourth-order valence-electron chi connectivity index (χ4n) is 1.60. The quantitative estimate of drug-likeness (QED) is 0.873. The third-order valence-electron chi connectivity index (χ3n) is 2.56. The van der Waals surface area contributed by atoms with Gasteiger partial charge in [-0.05, 0) is 46.8 Å². The molecule has 1 rings (SSSR count). The molecule has 0 aliphatic carbocycles. The van der Waals surface area contributed by atoms with Gasteiger partial charge in [-0.25, -0.2) is 0 Å². The third kappa shape index (κ3) is 3.60. The summed E-state index contributed by atoms with van der Waals surface area (Å²) in [5, 5.41) is 0. The predicted octanol–water partition coefficient (Wildman–Crippen LogP) is 2.06. The highest BCUT2D eigenvalue weighted by atomic mass is 16.3. The number of carbonyl (C=O) groups excluding carboxylic acids is 1. The van der Waals surface area contributed by atoms with E-state index in [-0.39, 0.29) is 11.9 Å². The second-order valence-corrected chi connectivity index (χ2v) is 5.26. The Balaban J connectivity index is 2.84. The SMILES string of the molecule is Cc1ccc(CN(C(=O)C(C)(C)N)C(C)C)o1. The number of hydrogen-bond acceptors (Lipinski definition) is 3. The van der Waals surface area contributed by atoms with Crippen molar-refractivity contribution in [3.05, 3.63) is 23.7 Å². The molecule has 4 heteroatoms. The van der Waals surface area contributed by atoms with Crippen LogP contribution in [0, 0.1) is 6.92 Å². The predicted molar refractivity (Wildman–Crippen MR) is 67.4 cm³/mol. The summed E-state index contributed by atoms with van der Waals surface area (Å²) in [6.45, 7) is 9.73. The van der Waals surface area contributed by atoms with Crippen molar-refractivity contribution in [1.82, 2.24) is 4.90 Å². The molecule has 17 heavy (non-hydrogen) atoms. The van der Waals surface area contributed by atoms with Crippen LogP contribution in [0.15, 0.2) is 16.5 Å². The molecule has 0 aliphatic heterocycles. The van der Waals surface area contributed by atoms with Gasteiger partial charge >= 0.3 is 0 Å². The maximum atomic E-state index is 12.2. The van der Waals surface area contributed by atoms with E-state index in [0.717, 1.165) is 11.5 Å². The van der Waals surface area contributed by atoms with Crippen LogP contribution in [0.3, 0.4) is 0 Å². The summed E-state index contributed by atoms with van der Waals surface area (Å²) in [5.41, 5.74) is 5.00. The molecule has 0 atom stereocenters. The molecule has 0 unspecified atom stereocenters. The Hall–Kier alpha value is -1.29. The Bertz CT molecular complexity index is 388. The number of aryl methyl sites for hydroxylation is 1. The van der Waals surface area contributed by atoms with Gasteiger partial charge in [0.05, 0.1) is 12.1 Å². The molecule has 0 aliphatic rings. The van der Waals surface area contributed by atoms with Crippen LogP contribution in [0.25, 0.3) is 0 Å². The van der Waals surface area contributed by atoms with E-state index < -0.39 is 5.54 Å². The van der Waals surface area contributed by atoms with Gasteiger partial charge in [0, 0.05) is 6.04 Å². The molecule has 0 saturated carbocycles. The minimum absolute atomic E-state index is 0.0680. The van der Waals surface area contributed by atoms with Crippen LogP contribution in [0.2, 0.25) is 0 Å². The first-order valence-electron chi connectivity index (χ1n) is 5.87. The Morgan fingerprint density at radius 1 is 1.47 bits per heavy atom. The Labute approximate surface area is 103 Å². The summed E-state index contributed by atoms with van der Waals surface area (Å²) in [6.07, 6.45) is 0. The van der Waals surface area contributed by atoms with Gasteiger partial charge in [0.2, 0.25) is 5.91 Å². The van der Waals surface area contributed by atoms with Crippen molar-refractivity contribution >= 4 is 5.91 Å². The van der Waals surface area contributed by atoms with Crippen LogP contribution in [-0.4, -0.2) is 22.4 Å².